The molecule has 0 aromatic carbocycles. The predicted molar refractivity (Wildman–Crippen MR) is 105 cm³/mol. The molecule has 4 atom stereocenters. The zero-order chi connectivity index (χ0) is 17.1. The second kappa shape index (κ2) is 9.47. The Morgan fingerprint density at radius 3 is 1.24 bits per heavy atom. The molecular weight excluding hydrogens is 382 g/mol. The van der Waals surface area contributed by atoms with Gasteiger partial charge in [0.15, 0.2) is 0 Å². The average Bonchev–Trinajstić information content (AvgIpc) is 3.31. The summed E-state index contributed by atoms with van der Waals surface area (Å²) in [6.07, 6.45) is 11.8. The van der Waals surface area contributed by atoms with Gasteiger partial charge in [0.2, 0.25) is 0 Å². The van der Waals surface area contributed by atoms with Gasteiger partial charge in [-0.3, -0.25) is 22.9 Å². The number of hydrogen-bond acceptors (Lipinski definition) is 0. The summed E-state index contributed by atoms with van der Waals surface area (Å²) in [7, 11) is 0.00154. The molecule has 0 unspecified atom stereocenters. The summed E-state index contributed by atoms with van der Waals surface area (Å²) in [6, 6.07) is 0. The zero-order valence-corrected chi connectivity index (χ0v) is 18.3. The van der Waals surface area contributed by atoms with E-state index in [1.165, 1.54) is 36.3 Å². The van der Waals surface area contributed by atoms with E-state index in [0.29, 0.717) is 0 Å². The van der Waals surface area contributed by atoms with Crippen LogP contribution in [0.15, 0.2) is 45.0 Å². The Balaban J connectivity index is 0.000000173. The first-order chi connectivity index (χ1) is 11.6. The van der Waals surface area contributed by atoms with Gasteiger partial charge in [-0.1, -0.05) is 43.5 Å². The van der Waals surface area contributed by atoms with Gasteiger partial charge in [-0.15, -0.1) is 22.8 Å². The van der Waals surface area contributed by atoms with Crippen LogP contribution in [0, 0.1) is 12.2 Å². The third-order valence-corrected chi connectivity index (χ3v) is 11.6. The molecular formula is C22H24FeP2. The van der Waals surface area contributed by atoms with E-state index < -0.39 is 0 Å². The van der Waals surface area contributed by atoms with Crippen molar-refractivity contribution in [3.63, 3.8) is 0 Å². The minimum absolute atomic E-state index is 0. The minimum Gasteiger partial charge on any atom is -0.286 e. The molecule has 130 valence electrons. The molecule has 2 heterocycles. The Bertz CT molecular complexity index is 696. The van der Waals surface area contributed by atoms with Gasteiger partial charge in [-0.2, -0.15) is 0 Å². The first-order valence-corrected chi connectivity index (χ1v) is 11.9. The summed E-state index contributed by atoms with van der Waals surface area (Å²) in [4.78, 5) is 0. The van der Waals surface area contributed by atoms with Crippen LogP contribution in [0.2, 0.25) is 0 Å². The van der Waals surface area contributed by atoms with E-state index in [1.807, 2.05) is 0 Å². The maximum Gasteiger partial charge on any atom is 2.00 e. The van der Waals surface area contributed by atoms with Crippen molar-refractivity contribution in [1.29, 1.82) is 0 Å². The maximum atomic E-state index is 3.13. The largest absolute Gasteiger partial charge is 2.00 e. The Kier molecular flexibility index (Phi) is 7.90. The molecule has 2 fully saturated rings. The Hall–Kier alpha value is -0.461. The van der Waals surface area contributed by atoms with E-state index in [2.05, 4.69) is 74.2 Å². The molecule has 2 aliphatic heterocycles. The number of hydrogen-bond donors (Lipinski definition) is 0. The van der Waals surface area contributed by atoms with Gasteiger partial charge in [0.1, 0.15) is 0 Å². The van der Waals surface area contributed by atoms with E-state index in [-0.39, 0.29) is 32.9 Å². The van der Waals surface area contributed by atoms with Crippen LogP contribution in [0.1, 0.15) is 53.4 Å². The Morgan fingerprint density at radius 1 is 0.680 bits per heavy atom. The van der Waals surface area contributed by atoms with Crippen LogP contribution in [-0.4, -0.2) is 22.6 Å². The molecule has 2 aliphatic carbocycles. The van der Waals surface area contributed by atoms with Crippen LogP contribution in [0.3, 0.4) is 0 Å². The first kappa shape index (κ1) is 20.8. The number of allylic oxidation sites excluding steroid dienone is 4. The fourth-order valence-corrected chi connectivity index (χ4v) is 9.90. The molecule has 0 nitrogen and oxygen atoms in total. The second-order valence-corrected chi connectivity index (χ2v) is 13.1. The third-order valence-electron chi connectivity index (χ3n) is 5.27. The molecule has 0 aromatic heterocycles. The fraction of sp³-hybridized carbons (Fsp3) is 0.545. The first-order valence-electron chi connectivity index (χ1n) is 8.92. The Morgan fingerprint density at radius 2 is 1.00 bits per heavy atom. The number of rotatable bonds is 2. The average molecular weight is 406 g/mol. The topological polar surface area (TPSA) is 0 Å². The van der Waals surface area contributed by atoms with Crippen molar-refractivity contribution < 1.29 is 17.1 Å². The molecule has 0 bridgehead atoms. The van der Waals surface area contributed by atoms with Gasteiger partial charge < -0.3 is 0 Å². The van der Waals surface area contributed by atoms with E-state index in [9.17, 15) is 0 Å². The predicted octanol–water partition coefficient (Wildman–Crippen LogP) is 6.41. The quantitative estimate of drug-likeness (QED) is 0.215. The fourth-order valence-electron chi connectivity index (χ4n) is 3.95. The van der Waals surface area contributed by atoms with Gasteiger partial charge in [-0.25, -0.2) is 11.5 Å². The van der Waals surface area contributed by atoms with Crippen LogP contribution in [0.25, 0.3) is 0 Å². The molecule has 4 aliphatic rings. The van der Waals surface area contributed by atoms with Gasteiger partial charge in [0.25, 0.3) is 0 Å². The molecule has 3 heteroatoms. The smallest absolute Gasteiger partial charge is 0.286 e. The molecule has 0 aromatic rings. The summed E-state index contributed by atoms with van der Waals surface area (Å²) in [5.74, 6) is 0. The molecule has 0 amide bonds. The van der Waals surface area contributed by atoms with Gasteiger partial charge in [0.05, 0.1) is 0 Å². The van der Waals surface area contributed by atoms with Crippen LogP contribution in [0.4, 0.5) is 0 Å². The molecule has 0 N–H and O–H groups in total. The van der Waals surface area contributed by atoms with E-state index >= 15 is 0 Å². The molecule has 0 radical (unpaired) electrons. The van der Waals surface area contributed by atoms with E-state index in [4.69, 9.17) is 0 Å². The van der Waals surface area contributed by atoms with E-state index in [0.717, 1.165) is 22.6 Å². The summed E-state index contributed by atoms with van der Waals surface area (Å²) in [5, 5.41) is 2.53. The minimum atomic E-state index is 0. The standard InChI is InChI=1S/2C11H12P.Fe/c2*1-9-7-8-10(2)12(9)11-5-3-4-6-11;/h2*9-10H,7-8H2,1-2H3;/q2*-1;+2/t2*9-,10-;/m11./s1. The van der Waals surface area contributed by atoms with Gasteiger partial charge >= 0.3 is 17.1 Å². The molecule has 0 saturated carbocycles. The normalized spacial score (nSPS) is 32.0. The third kappa shape index (κ3) is 4.83. The monoisotopic (exact) mass is 406 g/mol. The van der Waals surface area contributed by atoms with E-state index in [1.54, 1.807) is 0 Å². The van der Waals surface area contributed by atoms with Crippen molar-refractivity contribution in [2.24, 2.45) is 0 Å². The van der Waals surface area contributed by atoms with Crippen molar-refractivity contribution in [3.05, 3.63) is 57.2 Å². The summed E-state index contributed by atoms with van der Waals surface area (Å²) < 4.78 is 0. The van der Waals surface area contributed by atoms with Crippen LogP contribution in [0.5, 0.6) is 0 Å². The van der Waals surface area contributed by atoms with Gasteiger partial charge in [-0.05, 0) is 48.3 Å². The van der Waals surface area contributed by atoms with Crippen LogP contribution in [-0.2, 0) is 17.1 Å². The molecule has 0 spiro atoms. The van der Waals surface area contributed by atoms with Gasteiger partial charge in [0, 0.05) is 0 Å². The molecule has 4 rings (SSSR count). The van der Waals surface area contributed by atoms with Crippen molar-refractivity contribution in [3.8, 4) is 0 Å². The summed E-state index contributed by atoms with van der Waals surface area (Å²) in [6.45, 7) is 9.40. The van der Waals surface area contributed by atoms with Crippen molar-refractivity contribution >= 4 is 15.8 Å². The second-order valence-electron chi connectivity index (χ2n) is 7.06. The maximum absolute atomic E-state index is 3.13. The molecule has 2 saturated heterocycles. The van der Waals surface area contributed by atoms with Crippen molar-refractivity contribution in [2.75, 3.05) is 0 Å². The van der Waals surface area contributed by atoms with Crippen molar-refractivity contribution in [2.45, 2.75) is 76.0 Å². The van der Waals surface area contributed by atoms with Crippen molar-refractivity contribution in [1.82, 2.24) is 0 Å². The molecule has 25 heavy (non-hydrogen) atoms. The summed E-state index contributed by atoms with van der Waals surface area (Å²) in [5.41, 5.74) is 21.1. The SMILES string of the molecule is C[C@@H]1CC[C@@H](C)P1C1=C=C=C=[C-]1.C[C@@H]1CC[C@@H](C)P1C1=C=C=C=[C-]1.[Fe+2]. The summed E-state index contributed by atoms with van der Waals surface area (Å²) >= 11 is 0. The Labute approximate surface area is 165 Å². The zero-order valence-electron chi connectivity index (χ0n) is 15.4. The van der Waals surface area contributed by atoms with Crippen LogP contribution < -0.4 is 0 Å². The van der Waals surface area contributed by atoms with Crippen LogP contribution >= 0.6 is 15.8 Å².